The van der Waals surface area contributed by atoms with E-state index in [-0.39, 0.29) is 29.6 Å². The number of rotatable bonds is 5. The van der Waals surface area contributed by atoms with Crippen molar-refractivity contribution in [3.63, 3.8) is 0 Å². The van der Waals surface area contributed by atoms with Crippen molar-refractivity contribution in [3.05, 3.63) is 71.8 Å². The van der Waals surface area contributed by atoms with Gasteiger partial charge in [-0.1, -0.05) is 61.4 Å². The lowest BCUT2D eigenvalue weighted by atomic mass is 9.81. The third-order valence-electron chi connectivity index (χ3n) is 6.95. The van der Waals surface area contributed by atoms with Crippen LogP contribution in [0.25, 0.3) is 0 Å². The lowest BCUT2D eigenvalue weighted by Gasteiger charge is -2.27. The molecule has 5 rings (SSSR count). The van der Waals surface area contributed by atoms with Gasteiger partial charge in [0.2, 0.25) is 11.8 Å². The maximum absolute atomic E-state index is 13.9. The van der Waals surface area contributed by atoms with E-state index in [2.05, 4.69) is 4.99 Å². The van der Waals surface area contributed by atoms with Crippen LogP contribution in [0.2, 0.25) is 0 Å². The number of hydrogen-bond donors (Lipinski definition) is 1. The van der Waals surface area contributed by atoms with Gasteiger partial charge in [0.15, 0.2) is 0 Å². The second kappa shape index (κ2) is 8.69. The van der Waals surface area contributed by atoms with Crippen molar-refractivity contribution in [3.8, 4) is 0 Å². The first-order chi connectivity index (χ1) is 15.6. The van der Waals surface area contributed by atoms with Crippen LogP contribution in [0.4, 0.5) is 0 Å². The Morgan fingerprint density at radius 2 is 1.50 bits per heavy atom. The molecule has 2 fully saturated rings. The van der Waals surface area contributed by atoms with Gasteiger partial charge in [0.05, 0.1) is 17.4 Å². The van der Waals surface area contributed by atoms with Crippen LogP contribution in [0.1, 0.15) is 36.8 Å². The van der Waals surface area contributed by atoms with Gasteiger partial charge in [-0.15, -0.1) is 0 Å². The second-order valence-corrected chi connectivity index (χ2v) is 8.88. The average Bonchev–Trinajstić information content (AvgIpc) is 3.42. The Balaban J connectivity index is 1.49. The number of imide groups is 1. The third kappa shape index (κ3) is 3.64. The van der Waals surface area contributed by atoms with Crippen LogP contribution in [-0.2, 0) is 20.8 Å². The highest BCUT2D eigenvalue weighted by molar-refractivity contribution is 6.12. The zero-order valence-electron chi connectivity index (χ0n) is 18.1. The van der Waals surface area contributed by atoms with Crippen molar-refractivity contribution < 1.29 is 19.4 Å². The molecule has 1 saturated heterocycles. The topological polar surface area (TPSA) is 71.7 Å². The molecule has 6 heteroatoms. The molecule has 2 aliphatic heterocycles. The van der Waals surface area contributed by atoms with Gasteiger partial charge in [-0.3, -0.25) is 19.5 Å². The SMILES string of the molecule is O=C([C@@H](Cc1ccccc1)N1C(=O)[C@H]2CCCC[C@@H]2C1=O)N1CC[NH+]=C1c1ccccc1. The lowest BCUT2D eigenvalue weighted by Crippen LogP contribution is -2.71. The smallest absolute Gasteiger partial charge is 0.274 e. The van der Waals surface area contributed by atoms with E-state index in [0.717, 1.165) is 42.6 Å². The molecule has 32 heavy (non-hydrogen) atoms. The molecule has 1 aliphatic carbocycles. The van der Waals surface area contributed by atoms with Crippen LogP contribution in [0.3, 0.4) is 0 Å². The summed E-state index contributed by atoms with van der Waals surface area (Å²) >= 11 is 0. The van der Waals surface area contributed by atoms with Crippen molar-refractivity contribution in [2.24, 2.45) is 11.8 Å². The Hall–Kier alpha value is -3.28. The van der Waals surface area contributed by atoms with Gasteiger partial charge in [-0.2, -0.15) is 4.90 Å². The molecular formula is C26H28N3O3+. The highest BCUT2D eigenvalue weighted by Crippen LogP contribution is 2.39. The van der Waals surface area contributed by atoms with Gasteiger partial charge >= 0.3 is 5.91 Å². The first-order valence-electron chi connectivity index (χ1n) is 11.5. The maximum Gasteiger partial charge on any atom is 0.333 e. The van der Waals surface area contributed by atoms with Crippen molar-refractivity contribution in [1.82, 2.24) is 9.80 Å². The number of hydrogen-bond acceptors (Lipinski definition) is 3. The number of amides is 3. The van der Waals surface area contributed by atoms with E-state index >= 15 is 0 Å². The Bertz CT molecular complexity index is 1030. The molecule has 6 nitrogen and oxygen atoms in total. The fourth-order valence-corrected chi connectivity index (χ4v) is 5.37. The van der Waals surface area contributed by atoms with E-state index in [9.17, 15) is 14.4 Å². The summed E-state index contributed by atoms with van der Waals surface area (Å²) in [6, 6.07) is 18.6. The largest absolute Gasteiger partial charge is 0.333 e. The second-order valence-electron chi connectivity index (χ2n) is 8.88. The van der Waals surface area contributed by atoms with E-state index < -0.39 is 6.04 Å². The Morgan fingerprint density at radius 3 is 2.12 bits per heavy atom. The number of likely N-dealkylation sites (tertiary alicyclic amines) is 1. The number of benzene rings is 2. The van der Waals surface area contributed by atoms with Crippen LogP contribution < -0.4 is 4.99 Å². The van der Waals surface area contributed by atoms with Crippen molar-refractivity contribution in [2.75, 3.05) is 13.1 Å². The van der Waals surface area contributed by atoms with Gasteiger partial charge in [0, 0.05) is 6.42 Å². The van der Waals surface area contributed by atoms with Gasteiger partial charge in [0.1, 0.15) is 19.1 Å². The van der Waals surface area contributed by atoms with Gasteiger partial charge in [0.25, 0.3) is 5.84 Å². The first kappa shape index (κ1) is 20.6. The van der Waals surface area contributed by atoms with Crippen molar-refractivity contribution in [2.45, 2.75) is 38.1 Å². The normalized spacial score (nSPS) is 23.8. The summed E-state index contributed by atoms with van der Waals surface area (Å²) in [5.74, 6) is -0.318. The van der Waals surface area contributed by atoms with Gasteiger partial charge < -0.3 is 0 Å². The fourth-order valence-electron chi connectivity index (χ4n) is 5.37. The first-order valence-corrected chi connectivity index (χ1v) is 11.5. The molecule has 0 aromatic heterocycles. The van der Waals surface area contributed by atoms with E-state index in [1.54, 1.807) is 4.90 Å². The van der Waals surface area contributed by atoms with E-state index in [1.165, 1.54) is 4.90 Å². The molecule has 0 bridgehead atoms. The minimum absolute atomic E-state index is 0.164. The fraction of sp³-hybridized carbons (Fsp3) is 0.385. The van der Waals surface area contributed by atoms with Crippen LogP contribution >= 0.6 is 0 Å². The number of carbonyl (C=O) groups excluding carboxylic acids is 3. The van der Waals surface area contributed by atoms with Crippen molar-refractivity contribution >= 4 is 23.6 Å². The quantitative estimate of drug-likeness (QED) is 0.724. The lowest BCUT2D eigenvalue weighted by molar-refractivity contribution is -0.444. The predicted octanol–water partition coefficient (Wildman–Crippen LogP) is 1.14. The summed E-state index contributed by atoms with van der Waals surface area (Å²) in [6.07, 6.45) is 3.74. The molecule has 2 heterocycles. The Morgan fingerprint density at radius 1 is 0.906 bits per heavy atom. The number of fused-ring (bicyclic) bond motifs is 1. The average molecular weight is 431 g/mol. The third-order valence-corrected chi connectivity index (χ3v) is 6.95. The minimum atomic E-state index is -0.832. The van der Waals surface area contributed by atoms with Crippen LogP contribution in [0.5, 0.6) is 0 Å². The molecule has 3 aliphatic rings. The van der Waals surface area contributed by atoms with E-state index in [4.69, 9.17) is 0 Å². The highest BCUT2D eigenvalue weighted by Gasteiger charge is 2.54. The summed E-state index contributed by atoms with van der Waals surface area (Å²) in [7, 11) is 0. The van der Waals surface area contributed by atoms with Crippen molar-refractivity contribution in [1.29, 1.82) is 0 Å². The highest BCUT2D eigenvalue weighted by atomic mass is 16.2. The summed E-state index contributed by atoms with van der Waals surface area (Å²) in [4.78, 5) is 47.0. The summed E-state index contributed by atoms with van der Waals surface area (Å²) in [5.41, 5.74) is 1.86. The number of amidine groups is 1. The van der Waals surface area contributed by atoms with Gasteiger partial charge in [-0.25, -0.2) is 4.79 Å². The standard InChI is InChI=1S/C26H27N3O3/c30-24-20-13-7-8-14-21(20)25(31)29(24)22(17-18-9-3-1-4-10-18)26(32)28-16-15-27-23(28)19-11-5-2-6-12-19/h1-6,9-12,20-22H,7-8,13-17H2/p+1/t20-,21-,22+/m0/s1. The van der Waals surface area contributed by atoms with Gasteiger partial charge in [-0.05, 0) is 30.5 Å². The van der Waals surface area contributed by atoms with Crippen LogP contribution in [-0.4, -0.2) is 52.5 Å². The molecule has 2 aromatic carbocycles. The van der Waals surface area contributed by atoms with E-state index in [1.807, 2.05) is 60.7 Å². The molecule has 0 spiro atoms. The van der Waals surface area contributed by atoms with E-state index in [0.29, 0.717) is 19.5 Å². The van der Waals surface area contributed by atoms with Crippen LogP contribution in [0, 0.1) is 11.8 Å². The summed E-state index contributed by atoms with van der Waals surface area (Å²) < 4.78 is 0. The molecule has 0 radical (unpaired) electrons. The minimum Gasteiger partial charge on any atom is -0.274 e. The maximum atomic E-state index is 13.9. The Labute approximate surface area is 187 Å². The number of nitrogens with one attached hydrogen (secondary N) is 1. The molecule has 0 unspecified atom stereocenters. The molecule has 1 saturated carbocycles. The molecular weight excluding hydrogens is 402 g/mol. The number of nitrogens with zero attached hydrogens (tertiary/aromatic N) is 2. The molecule has 1 N–H and O–H groups in total. The zero-order valence-corrected chi connectivity index (χ0v) is 18.1. The molecule has 164 valence electrons. The summed E-state index contributed by atoms with van der Waals surface area (Å²) in [5, 5.41) is 0. The van der Waals surface area contributed by atoms with Crippen LogP contribution in [0.15, 0.2) is 60.7 Å². The summed E-state index contributed by atoms with van der Waals surface area (Å²) in [6.45, 7) is 1.15. The monoisotopic (exact) mass is 430 g/mol. The predicted molar refractivity (Wildman–Crippen MR) is 119 cm³/mol. The Kier molecular flexibility index (Phi) is 5.60. The molecule has 3 amide bonds. The number of carbonyl (C=O) groups is 3. The zero-order chi connectivity index (χ0) is 22.1. The molecule has 3 atom stereocenters. The molecule has 2 aromatic rings.